The number of ether oxygens (including phenoxy) is 2. The molecule has 0 aliphatic heterocycles. The average Bonchev–Trinajstić information content (AvgIpc) is 3.00. The molecule has 0 aromatic carbocycles. The molecule has 10 atom stereocenters. The van der Waals surface area contributed by atoms with Gasteiger partial charge in [-0.05, 0) is 104 Å². The van der Waals surface area contributed by atoms with Crippen molar-refractivity contribution in [3.8, 4) is 0 Å². The molecule has 220 valence electrons. The van der Waals surface area contributed by atoms with Gasteiger partial charge in [0.2, 0.25) is 0 Å². The fourth-order valence-corrected chi connectivity index (χ4v) is 11.8. The first-order valence-corrected chi connectivity index (χ1v) is 15.8. The van der Waals surface area contributed by atoms with Gasteiger partial charge in [0.25, 0.3) is 0 Å². The Balaban J connectivity index is 1.45. The first-order valence-electron chi connectivity index (χ1n) is 15.8. The third kappa shape index (κ3) is 4.34. The van der Waals surface area contributed by atoms with Gasteiger partial charge < -0.3 is 14.6 Å². The Morgan fingerprint density at radius 3 is 2.05 bits per heavy atom. The summed E-state index contributed by atoms with van der Waals surface area (Å²) in [5.41, 5.74) is 1.87. The van der Waals surface area contributed by atoms with E-state index in [4.69, 9.17) is 9.47 Å². The van der Waals surface area contributed by atoms with E-state index in [1.54, 1.807) is 12.5 Å². The molecule has 5 aliphatic carbocycles. The van der Waals surface area contributed by atoms with Gasteiger partial charge in [-0.2, -0.15) is 0 Å². The number of esters is 2. The highest BCUT2D eigenvalue weighted by Gasteiger charge is 2.64. The molecule has 5 aliphatic rings. The molecule has 0 aromatic rings. The van der Waals surface area contributed by atoms with E-state index in [0.717, 1.165) is 32.1 Å². The van der Waals surface area contributed by atoms with Crippen LogP contribution in [0.15, 0.2) is 11.6 Å². The summed E-state index contributed by atoms with van der Waals surface area (Å²) in [7, 11) is 0. The molecule has 39 heavy (non-hydrogen) atoms. The summed E-state index contributed by atoms with van der Waals surface area (Å²) in [4.78, 5) is 23.9. The van der Waals surface area contributed by atoms with Crippen LogP contribution in [0.5, 0.6) is 0 Å². The van der Waals surface area contributed by atoms with Crippen LogP contribution in [0, 0.1) is 50.7 Å². The number of carbonyl (C=O) groups is 2. The number of hydrogen-bond acceptors (Lipinski definition) is 5. The van der Waals surface area contributed by atoms with E-state index < -0.39 is 5.41 Å². The van der Waals surface area contributed by atoms with Crippen LogP contribution in [0.2, 0.25) is 0 Å². The first-order chi connectivity index (χ1) is 18.1. The number of fused-ring (bicyclic) bond motifs is 6. The summed E-state index contributed by atoms with van der Waals surface area (Å²) in [6.07, 6.45) is 13.4. The van der Waals surface area contributed by atoms with Gasteiger partial charge in [0.15, 0.2) is 0 Å². The highest BCUT2D eigenvalue weighted by atomic mass is 16.5. The summed E-state index contributed by atoms with van der Waals surface area (Å²) >= 11 is 0. The van der Waals surface area contributed by atoms with Crippen molar-refractivity contribution in [1.29, 1.82) is 0 Å². The van der Waals surface area contributed by atoms with Gasteiger partial charge in [0.1, 0.15) is 12.2 Å². The fourth-order valence-electron chi connectivity index (χ4n) is 11.8. The van der Waals surface area contributed by atoms with Crippen molar-refractivity contribution in [3.63, 3.8) is 0 Å². The zero-order chi connectivity index (χ0) is 28.6. The third-order valence-electron chi connectivity index (χ3n) is 13.6. The van der Waals surface area contributed by atoms with E-state index >= 15 is 0 Å². The van der Waals surface area contributed by atoms with Gasteiger partial charge >= 0.3 is 11.9 Å². The Bertz CT molecular complexity index is 1030. The molecule has 0 heterocycles. The van der Waals surface area contributed by atoms with Gasteiger partial charge in [-0.15, -0.1) is 0 Å². The largest absolute Gasteiger partial charge is 0.462 e. The maximum Gasteiger partial charge on any atom is 0.302 e. The number of allylic oxidation sites excluding steroid dienone is 2. The van der Waals surface area contributed by atoms with Crippen LogP contribution in [0.1, 0.15) is 120 Å². The van der Waals surface area contributed by atoms with Crippen molar-refractivity contribution < 1.29 is 24.2 Å². The summed E-state index contributed by atoms with van der Waals surface area (Å²) in [6, 6.07) is 0. The molecular weight excluding hydrogens is 488 g/mol. The smallest absolute Gasteiger partial charge is 0.302 e. The van der Waals surface area contributed by atoms with Crippen LogP contribution in [-0.4, -0.2) is 35.9 Å². The molecular formula is C34H54O5. The fraction of sp³-hybridized carbons (Fsp3) is 0.882. The standard InChI is InChI=1S/C34H54O5/c1-21(36)38-28-14-18-33(7)25(30(28,3)4)13-16-31(5)19-23-9-11-27-32(6,24(23)10-12-26(31)33)17-15-29(39-22(2)37)34(27,8)20-35/h9,24-29,35H,10-20H2,1-8H3/t24-,25-,26-,27-,28-,29+,31-,32+,33-,34+/m0/s1. The Labute approximate surface area is 236 Å². The second-order valence-corrected chi connectivity index (χ2v) is 15.9. The second-order valence-electron chi connectivity index (χ2n) is 15.9. The van der Waals surface area contributed by atoms with Crippen molar-refractivity contribution in [2.75, 3.05) is 6.61 Å². The Hall–Kier alpha value is -1.36. The number of hydrogen-bond donors (Lipinski definition) is 1. The summed E-state index contributed by atoms with van der Waals surface area (Å²) in [5, 5.41) is 10.7. The summed E-state index contributed by atoms with van der Waals surface area (Å²) in [6.45, 7) is 17.6. The molecule has 0 saturated heterocycles. The molecule has 0 spiro atoms. The molecule has 0 aromatic heterocycles. The van der Waals surface area contributed by atoms with Crippen molar-refractivity contribution in [2.45, 2.75) is 132 Å². The number of rotatable bonds is 3. The van der Waals surface area contributed by atoms with E-state index in [-0.39, 0.29) is 52.4 Å². The molecule has 5 nitrogen and oxygen atoms in total. The van der Waals surface area contributed by atoms with E-state index in [2.05, 4.69) is 47.6 Å². The highest BCUT2D eigenvalue weighted by molar-refractivity contribution is 5.66. The average molecular weight is 543 g/mol. The zero-order valence-electron chi connectivity index (χ0n) is 25.9. The third-order valence-corrected chi connectivity index (χ3v) is 13.6. The van der Waals surface area contributed by atoms with Crippen molar-refractivity contribution in [2.24, 2.45) is 50.7 Å². The van der Waals surface area contributed by atoms with E-state index in [9.17, 15) is 14.7 Å². The topological polar surface area (TPSA) is 72.8 Å². The van der Waals surface area contributed by atoms with Crippen LogP contribution in [0.4, 0.5) is 0 Å². The quantitative estimate of drug-likeness (QED) is 0.300. The molecule has 0 amide bonds. The minimum absolute atomic E-state index is 0.0109. The van der Waals surface area contributed by atoms with Crippen LogP contribution in [-0.2, 0) is 19.1 Å². The predicted octanol–water partition coefficient (Wildman–Crippen LogP) is 7.25. The molecule has 4 fully saturated rings. The van der Waals surface area contributed by atoms with Crippen LogP contribution in [0.3, 0.4) is 0 Å². The lowest BCUT2D eigenvalue weighted by atomic mass is 9.42. The minimum atomic E-state index is -0.417. The van der Waals surface area contributed by atoms with Crippen molar-refractivity contribution >= 4 is 11.9 Å². The van der Waals surface area contributed by atoms with E-state index in [0.29, 0.717) is 23.7 Å². The highest BCUT2D eigenvalue weighted by Crippen LogP contribution is 2.70. The maximum atomic E-state index is 11.9. The molecule has 0 unspecified atom stereocenters. The summed E-state index contributed by atoms with van der Waals surface area (Å²) in [5.74, 6) is 1.64. The van der Waals surface area contributed by atoms with Crippen molar-refractivity contribution in [1.82, 2.24) is 0 Å². The minimum Gasteiger partial charge on any atom is -0.462 e. The number of carbonyl (C=O) groups excluding carboxylic acids is 2. The molecule has 5 rings (SSSR count). The van der Waals surface area contributed by atoms with Gasteiger partial charge in [-0.25, -0.2) is 0 Å². The van der Waals surface area contributed by atoms with Crippen LogP contribution in [0.25, 0.3) is 0 Å². The molecule has 5 heteroatoms. The SMILES string of the molecule is CC(=O)O[C@H]1CC[C@@]2(C)[C@@H](CC[C@@]3(C)CC4=CC[C@H]5[C@](C)(CC[C@@H](OC(C)=O)[C@]5(C)CO)[C@H]4CC[C@@H]32)C1(C)C. The first kappa shape index (κ1) is 29.1. The van der Waals surface area contributed by atoms with Gasteiger partial charge in [0.05, 0.1) is 6.61 Å². The molecule has 1 N–H and O–H groups in total. The number of aliphatic hydroxyl groups excluding tert-OH is 1. The van der Waals surface area contributed by atoms with Crippen LogP contribution >= 0.6 is 0 Å². The lowest BCUT2D eigenvalue weighted by molar-refractivity contribution is -0.192. The molecule has 0 radical (unpaired) electrons. The van der Waals surface area contributed by atoms with E-state index in [1.807, 2.05) is 0 Å². The normalized spacial score (nSPS) is 48.7. The molecule has 0 bridgehead atoms. The maximum absolute atomic E-state index is 11.9. The lowest BCUT2D eigenvalue weighted by Gasteiger charge is -2.64. The van der Waals surface area contributed by atoms with Gasteiger partial charge in [-0.1, -0.05) is 53.2 Å². The van der Waals surface area contributed by atoms with Crippen molar-refractivity contribution in [3.05, 3.63) is 11.6 Å². The van der Waals surface area contributed by atoms with Gasteiger partial charge in [-0.3, -0.25) is 9.59 Å². The Morgan fingerprint density at radius 1 is 0.795 bits per heavy atom. The van der Waals surface area contributed by atoms with E-state index in [1.165, 1.54) is 39.0 Å². The number of aliphatic hydroxyl groups is 1. The lowest BCUT2D eigenvalue weighted by Crippen LogP contribution is -2.59. The Morgan fingerprint density at radius 2 is 1.41 bits per heavy atom. The molecule has 4 saturated carbocycles. The predicted molar refractivity (Wildman–Crippen MR) is 153 cm³/mol. The van der Waals surface area contributed by atoms with Gasteiger partial charge in [0, 0.05) is 24.7 Å². The Kier molecular flexibility index (Phi) is 7.17. The second kappa shape index (κ2) is 9.60. The zero-order valence-corrected chi connectivity index (χ0v) is 25.9. The monoisotopic (exact) mass is 542 g/mol. The summed E-state index contributed by atoms with van der Waals surface area (Å²) < 4.78 is 11.7. The van der Waals surface area contributed by atoms with Crippen LogP contribution < -0.4 is 0 Å².